The molecular formula is C12H8F7NO. The van der Waals surface area contributed by atoms with E-state index in [4.69, 9.17) is 0 Å². The van der Waals surface area contributed by atoms with Gasteiger partial charge in [-0.2, -0.15) is 30.7 Å². The third-order valence-electron chi connectivity index (χ3n) is 2.32. The SMILES string of the molecule is O=C(/C=C\Nc1ccccc1)C(F)(F)C(F)(F)C(F)(F)F. The van der Waals surface area contributed by atoms with Crippen LogP contribution in [0.3, 0.4) is 0 Å². The molecule has 1 N–H and O–H groups in total. The van der Waals surface area contributed by atoms with Crippen LogP contribution in [0, 0.1) is 0 Å². The van der Waals surface area contributed by atoms with E-state index in [2.05, 4.69) is 5.32 Å². The average molecular weight is 315 g/mol. The number of rotatable bonds is 5. The number of allylic oxidation sites excluding steroid dienone is 1. The molecule has 0 aliphatic rings. The fraction of sp³-hybridized carbons (Fsp3) is 0.250. The quantitative estimate of drug-likeness (QED) is 0.657. The topological polar surface area (TPSA) is 29.1 Å². The Hall–Kier alpha value is -2.06. The summed E-state index contributed by atoms with van der Waals surface area (Å²) in [6.45, 7) is 0. The van der Waals surface area contributed by atoms with Crippen LogP contribution in [-0.4, -0.2) is 23.8 Å². The van der Waals surface area contributed by atoms with E-state index in [-0.39, 0.29) is 6.08 Å². The molecule has 0 heterocycles. The Labute approximate surface area is 114 Å². The molecule has 1 aromatic carbocycles. The molecule has 0 bridgehead atoms. The first-order chi connectivity index (χ1) is 9.50. The summed E-state index contributed by atoms with van der Waals surface area (Å²) < 4.78 is 86.5. The molecule has 0 aliphatic carbocycles. The van der Waals surface area contributed by atoms with E-state index >= 15 is 0 Å². The molecule has 0 unspecified atom stereocenters. The summed E-state index contributed by atoms with van der Waals surface area (Å²) in [5.41, 5.74) is 0.326. The molecule has 0 amide bonds. The van der Waals surface area contributed by atoms with Crippen LogP contribution in [0.15, 0.2) is 42.6 Å². The van der Waals surface area contributed by atoms with E-state index in [0.29, 0.717) is 11.9 Å². The van der Waals surface area contributed by atoms with E-state index < -0.39 is 23.8 Å². The van der Waals surface area contributed by atoms with E-state index in [1.165, 1.54) is 12.1 Å². The number of halogens is 7. The molecule has 0 spiro atoms. The van der Waals surface area contributed by atoms with E-state index in [0.717, 1.165) is 0 Å². The standard InChI is InChI=1S/C12H8F7NO/c13-10(14,11(15,16)12(17,18)19)9(21)6-7-20-8-4-2-1-3-5-8/h1-7,20H/b7-6-. The number of anilines is 1. The van der Waals surface area contributed by atoms with Crippen molar-refractivity contribution in [2.45, 2.75) is 18.0 Å². The lowest BCUT2D eigenvalue weighted by atomic mass is 10.1. The molecule has 0 aromatic heterocycles. The fourth-order valence-electron chi connectivity index (χ4n) is 1.19. The smallest absolute Gasteiger partial charge is 0.362 e. The Bertz CT molecular complexity index is 522. The van der Waals surface area contributed by atoms with Gasteiger partial charge in [0.25, 0.3) is 0 Å². The average Bonchev–Trinajstić information content (AvgIpc) is 2.38. The van der Waals surface area contributed by atoms with Gasteiger partial charge in [0, 0.05) is 18.0 Å². The lowest BCUT2D eigenvalue weighted by Crippen LogP contribution is -2.55. The third kappa shape index (κ3) is 3.53. The summed E-state index contributed by atoms with van der Waals surface area (Å²) in [6, 6.07) is 7.63. The Kier molecular flexibility index (Phi) is 4.65. The van der Waals surface area contributed by atoms with Crippen LogP contribution in [0.1, 0.15) is 0 Å². The number of nitrogens with one attached hydrogen (secondary N) is 1. The molecule has 0 saturated heterocycles. The number of ketones is 1. The molecule has 1 rings (SSSR count). The molecule has 2 nitrogen and oxygen atoms in total. The van der Waals surface area contributed by atoms with Crippen LogP contribution in [-0.2, 0) is 4.79 Å². The van der Waals surface area contributed by atoms with Gasteiger partial charge in [-0.25, -0.2) is 0 Å². The highest BCUT2D eigenvalue weighted by Crippen LogP contribution is 2.46. The van der Waals surface area contributed by atoms with Crippen molar-refractivity contribution >= 4 is 11.5 Å². The zero-order valence-electron chi connectivity index (χ0n) is 10.1. The predicted molar refractivity (Wildman–Crippen MR) is 60.2 cm³/mol. The zero-order chi connectivity index (χ0) is 16.3. The van der Waals surface area contributed by atoms with E-state index in [1.54, 1.807) is 18.2 Å². The second-order valence-corrected chi connectivity index (χ2v) is 3.85. The Balaban J connectivity index is 2.83. The van der Waals surface area contributed by atoms with Crippen molar-refractivity contribution in [2.75, 3.05) is 5.32 Å². The van der Waals surface area contributed by atoms with Gasteiger partial charge in [0.15, 0.2) is 0 Å². The van der Waals surface area contributed by atoms with E-state index in [1.807, 2.05) is 0 Å². The lowest BCUT2D eigenvalue weighted by molar-refractivity contribution is -0.342. The molecule has 9 heteroatoms. The van der Waals surface area contributed by atoms with Crippen molar-refractivity contribution in [3.8, 4) is 0 Å². The second kappa shape index (κ2) is 5.74. The summed E-state index contributed by atoms with van der Waals surface area (Å²) >= 11 is 0. The molecule has 21 heavy (non-hydrogen) atoms. The third-order valence-corrected chi connectivity index (χ3v) is 2.32. The van der Waals surface area contributed by atoms with E-state index in [9.17, 15) is 35.5 Å². The van der Waals surface area contributed by atoms with Crippen molar-refractivity contribution in [1.29, 1.82) is 0 Å². The van der Waals surface area contributed by atoms with Gasteiger partial charge in [0.1, 0.15) is 0 Å². The molecule has 0 fully saturated rings. The van der Waals surface area contributed by atoms with Crippen molar-refractivity contribution in [1.82, 2.24) is 0 Å². The van der Waals surface area contributed by atoms with Crippen LogP contribution >= 0.6 is 0 Å². The number of alkyl halides is 7. The van der Waals surface area contributed by atoms with Gasteiger partial charge in [-0.05, 0) is 12.1 Å². The summed E-state index contributed by atoms with van der Waals surface area (Å²) in [5, 5.41) is 2.28. The number of hydrogen-bond donors (Lipinski definition) is 1. The highest BCUT2D eigenvalue weighted by Gasteiger charge is 2.75. The van der Waals surface area contributed by atoms with Gasteiger partial charge in [0.05, 0.1) is 0 Å². The highest BCUT2D eigenvalue weighted by molar-refractivity contribution is 5.96. The normalized spacial score (nSPS) is 13.5. The fourth-order valence-corrected chi connectivity index (χ4v) is 1.19. The van der Waals surface area contributed by atoms with Crippen LogP contribution in [0.2, 0.25) is 0 Å². The molecule has 0 atom stereocenters. The maximum atomic E-state index is 12.9. The summed E-state index contributed by atoms with van der Waals surface area (Å²) in [4.78, 5) is 10.9. The second-order valence-electron chi connectivity index (χ2n) is 3.85. The van der Waals surface area contributed by atoms with Crippen LogP contribution in [0.5, 0.6) is 0 Å². The number of para-hydroxylation sites is 1. The van der Waals surface area contributed by atoms with Gasteiger partial charge in [0.2, 0.25) is 5.78 Å². The zero-order valence-corrected chi connectivity index (χ0v) is 10.1. The lowest BCUT2D eigenvalue weighted by Gasteiger charge is -2.26. The van der Waals surface area contributed by atoms with Crippen molar-refractivity contribution in [3.63, 3.8) is 0 Å². The van der Waals surface area contributed by atoms with Crippen LogP contribution in [0.25, 0.3) is 0 Å². The van der Waals surface area contributed by atoms with Gasteiger partial charge in [-0.3, -0.25) is 4.79 Å². The predicted octanol–water partition coefficient (Wildman–Crippen LogP) is 4.01. The summed E-state index contributed by atoms with van der Waals surface area (Å²) in [5.74, 6) is -15.0. The maximum absolute atomic E-state index is 12.9. The minimum absolute atomic E-state index is 0.0767. The molecule has 116 valence electrons. The number of benzene rings is 1. The van der Waals surface area contributed by atoms with Crippen molar-refractivity contribution < 1.29 is 35.5 Å². The monoisotopic (exact) mass is 315 g/mol. The Morgan fingerprint density at radius 1 is 0.952 bits per heavy atom. The molecule has 0 radical (unpaired) electrons. The van der Waals surface area contributed by atoms with Crippen LogP contribution in [0.4, 0.5) is 36.4 Å². The minimum Gasteiger partial charge on any atom is -0.362 e. The van der Waals surface area contributed by atoms with Gasteiger partial charge >= 0.3 is 18.0 Å². The number of carbonyl (C=O) groups is 1. The van der Waals surface area contributed by atoms with Crippen molar-refractivity contribution in [2.24, 2.45) is 0 Å². The van der Waals surface area contributed by atoms with Gasteiger partial charge < -0.3 is 5.32 Å². The first-order valence-corrected chi connectivity index (χ1v) is 5.35. The number of carbonyl (C=O) groups excluding carboxylic acids is 1. The number of hydrogen-bond acceptors (Lipinski definition) is 2. The molecule has 0 aliphatic heterocycles. The largest absolute Gasteiger partial charge is 0.460 e. The maximum Gasteiger partial charge on any atom is 0.460 e. The molecule has 0 saturated carbocycles. The van der Waals surface area contributed by atoms with Crippen molar-refractivity contribution in [3.05, 3.63) is 42.6 Å². The highest BCUT2D eigenvalue weighted by atomic mass is 19.4. The van der Waals surface area contributed by atoms with Gasteiger partial charge in [-0.15, -0.1) is 0 Å². The summed E-state index contributed by atoms with van der Waals surface area (Å²) in [7, 11) is 0. The Morgan fingerprint density at radius 3 is 1.95 bits per heavy atom. The van der Waals surface area contributed by atoms with Gasteiger partial charge in [-0.1, -0.05) is 18.2 Å². The van der Waals surface area contributed by atoms with Crippen LogP contribution < -0.4 is 5.32 Å². The minimum atomic E-state index is -6.53. The first kappa shape index (κ1) is 17.0. The first-order valence-electron chi connectivity index (χ1n) is 5.35. The molecule has 1 aromatic rings. The Morgan fingerprint density at radius 2 is 1.48 bits per heavy atom. The summed E-state index contributed by atoms with van der Waals surface area (Å²) in [6.07, 6.45) is -6.06. The molecular weight excluding hydrogens is 307 g/mol.